The summed E-state index contributed by atoms with van der Waals surface area (Å²) in [6, 6.07) is 4.17. The summed E-state index contributed by atoms with van der Waals surface area (Å²) in [5.41, 5.74) is 2.44. The van der Waals surface area contributed by atoms with E-state index in [1.807, 2.05) is 6.92 Å². The van der Waals surface area contributed by atoms with Crippen LogP contribution in [-0.2, 0) is 29.1 Å². The second kappa shape index (κ2) is 10.6. The molecule has 7 nitrogen and oxygen atoms in total. The number of ketones is 1. The van der Waals surface area contributed by atoms with Gasteiger partial charge in [-0.2, -0.15) is 0 Å². The van der Waals surface area contributed by atoms with Gasteiger partial charge in [0.15, 0.2) is 0 Å². The lowest BCUT2D eigenvalue weighted by Crippen LogP contribution is -2.43. The fourth-order valence-corrected chi connectivity index (χ4v) is 5.68. The van der Waals surface area contributed by atoms with E-state index in [4.69, 9.17) is 0 Å². The summed E-state index contributed by atoms with van der Waals surface area (Å²) in [5, 5.41) is 5.73. The zero-order chi connectivity index (χ0) is 25.2. The molecule has 1 atom stereocenters. The maximum Gasteiger partial charge on any atom is 0.294 e. The second-order valence-corrected chi connectivity index (χ2v) is 10.6. The Labute approximate surface area is 202 Å². The van der Waals surface area contributed by atoms with E-state index in [1.54, 1.807) is 37.8 Å². The molecule has 2 N–H and O–H groups in total. The Kier molecular flexibility index (Phi) is 8.07. The smallest absolute Gasteiger partial charge is 0.294 e. The van der Waals surface area contributed by atoms with Crippen molar-refractivity contribution in [1.29, 1.82) is 0 Å². The van der Waals surface area contributed by atoms with E-state index in [2.05, 4.69) is 10.6 Å². The van der Waals surface area contributed by atoms with Gasteiger partial charge in [0.1, 0.15) is 5.82 Å². The van der Waals surface area contributed by atoms with E-state index in [0.29, 0.717) is 47.3 Å². The lowest BCUT2D eigenvalue weighted by molar-refractivity contribution is -0.117. The average molecular weight is 490 g/mol. The fraction of sp³-hybridized carbons (Fsp3) is 0.480. The third-order valence-corrected chi connectivity index (χ3v) is 8.05. The van der Waals surface area contributed by atoms with Crippen molar-refractivity contribution in [2.45, 2.75) is 64.2 Å². The Bertz CT molecular complexity index is 1150. The Hall–Kier alpha value is -2.81. The molecule has 34 heavy (non-hydrogen) atoms. The predicted molar refractivity (Wildman–Crippen MR) is 131 cm³/mol. The topological polar surface area (TPSA) is 97.3 Å². The van der Waals surface area contributed by atoms with Crippen molar-refractivity contribution < 1.29 is 23.0 Å². The van der Waals surface area contributed by atoms with Gasteiger partial charge in [-0.25, -0.2) is 4.39 Å². The number of aryl methyl sites for hydroxylation is 1. The lowest BCUT2D eigenvalue weighted by Gasteiger charge is -2.27. The van der Waals surface area contributed by atoms with Crippen molar-refractivity contribution in [1.82, 2.24) is 9.88 Å². The molecule has 0 bridgehead atoms. The Morgan fingerprint density at radius 1 is 1.15 bits per heavy atom. The molecule has 1 aliphatic carbocycles. The molecule has 0 aliphatic heterocycles. The first-order valence-corrected chi connectivity index (χ1v) is 13.1. The van der Waals surface area contributed by atoms with Crippen LogP contribution in [0.3, 0.4) is 0 Å². The first-order valence-electron chi connectivity index (χ1n) is 11.5. The minimum absolute atomic E-state index is 0.132. The van der Waals surface area contributed by atoms with Crippen molar-refractivity contribution in [3.05, 3.63) is 52.1 Å². The van der Waals surface area contributed by atoms with Crippen LogP contribution in [0.15, 0.2) is 18.2 Å². The summed E-state index contributed by atoms with van der Waals surface area (Å²) < 4.78 is 26.9. The van der Waals surface area contributed by atoms with Crippen molar-refractivity contribution in [3.8, 4) is 0 Å². The van der Waals surface area contributed by atoms with E-state index in [0.717, 1.165) is 12.8 Å². The summed E-state index contributed by atoms with van der Waals surface area (Å²) in [4.78, 5) is 39.0. The maximum absolute atomic E-state index is 13.6. The van der Waals surface area contributed by atoms with Gasteiger partial charge in [-0.1, -0.05) is 6.92 Å². The molecule has 0 spiro atoms. The van der Waals surface area contributed by atoms with E-state index in [1.165, 1.54) is 12.1 Å². The second-order valence-electron chi connectivity index (χ2n) is 8.90. The maximum atomic E-state index is 13.6. The van der Waals surface area contributed by atoms with E-state index >= 15 is 0 Å². The van der Waals surface area contributed by atoms with Crippen molar-refractivity contribution in [3.63, 3.8) is 0 Å². The molecule has 0 saturated heterocycles. The van der Waals surface area contributed by atoms with Crippen LogP contribution in [0.1, 0.15) is 70.3 Å². The normalized spacial score (nSPS) is 18.9. The Balaban J connectivity index is 1.80. The number of anilines is 1. The van der Waals surface area contributed by atoms with Gasteiger partial charge in [0.2, 0.25) is 0 Å². The molecule has 1 aromatic carbocycles. The highest BCUT2D eigenvalue weighted by Gasteiger charge is 2.31. The number of halogens is 1. The number of nitrogens with zero attached hydrogens (tertiary/aromatic N) is 1. The van der Waals surface area contributed by atoms with Crippen molar-refractivity contribution in [2.24, 2.45) is 7.05 Å². The van der Waals surface area contributed by atoms with Gasteiger partial charge < -0.3 is 15.2 Å². The molecular weight excluding hydrogens is 457 g/mol. The van der Waals surface area contributed by atoms with Crippen LogP contribution in [-0.4, -0.2) is 43.9 Å². The molecular formula is C25H32FN3O4S. The molecule has 1 aliphatic rings. The van der Waals surface area contributed by atoms with Gasteiger partial charge in [0, 0.05) is 46.8 Å². The van der Waals surface area contributed by atoms with Crippen LogP contribution >= 0.6 is 0 Å². The SMILES string of the molecule is CCc1c(C(=O)Nc2ccc(F)c(C)c2)c(C)c(C(=O)C(=O)NC2CCC(S(C)=O)CC2)n1C. The minimum atomic E-state index is -0.887. The monoisotopic (exact) mass is 489 g/mol. The third kappa shape index (κ3) is 5.29. The number of hydrogen-bond acceptors (Lipinski definition) is 4. The van der Waals surface area contributed by atoms with Crippen LogP contribution in [0.4, 0.5) is 10.1 Å². The van der Waals surface area contributed by atoms with Crippen molar-refractivity contribution in [2.75, 3.05) is 11.6 Å². The van der Waals surface area contributed by atoms with Crippen LogP contribution < -0.4 is 10.6 Å². The molecule has 3 rings (SSSR count). The number of carbonyl (C=O) groups excluding carboxylic acids is 3. The molecule has 0 radical (unpaired) electrons. The molecule has 9 heteroatoms. The third-order valence-electron chi connectivity index (χ3n) is 6.64. The largest absolute Gasteiger partial charge is 0.346 e. The highest BCUT2D eigenvalue weighted by Crippen LogP contribution is 2.26. The molecule has 184 valence electrons. The van der Waals surface area contributed by atoms with E-state index < -0.39 is 28.4 Å². The number of rotatable bonds is 7. The average Bonchev–Trinajstić information content (AvgIpc) is 3.05. The summed E-state index contributed by atoms with van der Waals surface area (Å²) in [5.74, 6) is -2.17. The number of hydrogen-bond donors (Lipinski definition) is 2. The molecule has 2 aromatic rings. The van der Waals surface area contributed by atoms with Crippen LogP contribution in [0.2, 0.25) is 0 Å². The van der Waals surface area contributed by atoms with Gasteiger partial charge in [0.05, 0.1) is 11.3 Å². The molecule has 1 saturated carbocycles. The molecule has 2 amide bonds. The molecule has 1 heterocycles. The number of benzene rings is 1. The number of nitrogens with one attached hydrogen (secondary N) is 2. The standard InChI is InChI=1S/C25H32FN3O4S/c1-6-20-21(24(31)28-17-9-12-19(26)14(2)13-17)15(3)22(29(20)4)23(30)25(32)27-16-7-10-18(11-8-16)34(5)33/h9,12-13,16,18H,6-8,10-11H2,1-5H3,(H,27,32)(H,28,31). The summed E-state index contributed by atoms with van der Waals surface area (Å²) >= 11 is 0. The predicted octanol–water partition coefficient (Wildman–Crippen LogP) is 3.58. The highest BCUT2D eigenvalue weighted by molar-refractivity contribution is 7.84. The number of carbonyl (C=O) groups is 3. The van der Waals surface area contributed by atoms with Gasteiger partial charge in [-0.3, -0.25) is 18.6 Å². The van der Waals surface area contributed by atoms with Gasteiger partial charge in [-0.05, 0) is 75.3 Å². The number of Topliss-reactive ketones (excluding diaryl/α,β-unsaturated/α-hetero) is 1. The summed E-state index contributed by atoms with van der Waals surface area (Å²) in [7, 11) is 0.787. The highest BCUT2D eigenvalue weighted by atomic mass is 32.2. The zero-order valence-electron chi connectivity index (χ0n) is 20.3. The fourth-order valence-electron chi connectivity index (χ4n) is 4.74. The van der Waals surface area contributed by atoms with Gasteiger partial charge in [-0.15, -0.1) is 0 Å². The molecule has 1 fully saturated rings. The van der Waals surface area contributed by atoms with Gasteiger partial charge in [0.25, 0.3) is 17.6 Å². The first kappa shape index (κ1) is 25.8. The van der Waals surface area contributed by atoms with E-state index in [9.17, 15) is 23.0 Å². The number of aromatic nitrogens is 1. The quantitative estimate of drug-likeness (QED) is 0.459. The van der Waals surface area contributed by atoms with Gasteiger partial charge >= 0.3 is 0 Å². The minimum Gasteiger partial charge on any atom is -0.346 e. The molecule has 1 aromatic heterocycles. The Morgan fingerprint density at radius 2 is 1.79 bits per heavy atom. The van der Waals surface area contributed by atoms with E-state index in [-0.39, 0.29) is 22.8 Å². The number of amides is 2. The first-order chi connectivity index (χ1) is 16.0. The Morgan fingerprint density at radius 3 is 2.35 bits per heavy atom. The van der Waals surface area contributed by atoms with Crippen LogP contribution in [0.25, 0.3) is 0 Å². The lowest BCUT2D eigenvalue weighted by atomic mass is 9.94. The summed E-state index contributed by atoms with van der Waals surface area (Å²) in [6.07, 6.45) is 5.04. The summed E-state index contributed by atoms with van der Waals surface area (Å²) in [6.45, 7) is 5.14. The van der Waals surface area contributed by atoms with Crippen molar-refractivity contribution >= 4 is 34.1 Å². The van der Waals surface area contributed by atoms with Crippen LogP contribution in [0.5, 0.6) is 0 Å². The molecule has 1 unspecified atom stereocenters. The zero-order valence-corrected chi connectivity index (χ0v) is 21.1. The van der Waals surface area contributed by atoms with Crippen LogP contribution in [0, 0.1) is 19.7 Å².